The van der Waals surface area contributed by atoms with E-state index in [0.29, 0.717) is 24.7 Å². The van der Waals surface area contributed by atoms with Crippen LogP contribution in [-0.2, 0) is 0 Å². The molecular weight excluding hydrogens is 494 g/mol. The minimum atomic E-state index is -3.43. The highest BCUT2D eigenvalue weighted by atomic mass is 19.3. The smallest absolute Gasteiger partial charge is 0.400 e. The number of halogens is 6. The van der Waals surface area contributed by atoms with Gasteiger partial charge >= 0.3 is 12.2 Å². The summed E-state index contributed by atoms with van der Waals surface area (Å²) in [6.45, 7) is 2.23. The van der Waals surface area contributed by atoms with Crippen molar-refractivity contribution in [1.82, 2.24) is 0 Å². The SMILES string of the molecule is CCC1CCC(C2CCC(C(F)(F)Oc3ccc(-c4ccc(OC=C(F)F)c(F)c4)c(F)c3)CC2)CC1. The van der Waals surface area contributed by atoms with Gasteiger partial charge in [-0.15, -0.1) is 0 Å². The Kier molecular flexibility index (Phi) is 8.75. The molecule has 0 bridgehead atoms. The molecule has 202 valence electrons. The van der Waals surface area contributed by atoms with E-state index in [0.717, 1.165) is 37.0 Å². The van der Waals surface area contributed by atoms with Crippen LogP contribution in [0.2, 0.25) is 0 Å². The van der Waals surface area contributed by atoms with E-state index in [-0.39, 0.29) is 23.1 Å². The Balaban J connectivity index is 1.36. The van der Waals surface area contributed by atoms with Gasteiger partial charge in [0.15, 0.2) is 17.8 Å². The Morgan fingerprint density at radius 3 is 2.08 bits per heavy atom. The molecule has 8 heteroatoms. The Labute approximate surface area is 213 Å². The summed E-state index contributed by atoms with van der Waals surface area (Å²) in [5, 5.41) is 0. The first kappa shape index (κ1) is 27.4. The highest BCUT2D eigenvalue weighted by Gasteiger charge is 2.45. The van der Waals surface area contributed by atoms with Gasteiger partial charge in [-0.2, -0.15) is 17.6 Å². The molecule has 2 saturated carbocycles. The van der Waals surface area contributed by atoms with Crippen molar-refractivity contribution in [3.63, 3.8) is 0 Å². The van der Waals surface area contributed by atoms with E-state index < -0.39 is 35.5 Å². The molecule has 2 aliphatic rings. The van der Waals surface area contributed by atoms with Crippen LogP contribution in [0.3, 0.4) is 0 Å². The summed E-state index contributed by atoms with van der Waals surface area (Å²) in [4.78, 5) is 0. The van der Waals surface area contributed by atoms with Gasteiger partial charge in [0.1, 0.15) is 11.6 Å². The van der Waals surface area contributed by atoms with Crippen LogP contribution in [0, 0.1) is 35.3 Å². The van der Waals surface area contributed by atoms with E-state index in [1.807, 2.05) is 0 Å². The van der Waals surface area contributed by atoms with Crippen LogP contribution < -0.4 is 9.47 Å². The molecule has 2 aromatic carbocycles. The summed E-state index contributed by atoms with van der Waals surface area (Å²) in [6.07, 6.45) is 2.88. The van der Waals surface area contributed by atoms with Crippen LogP contribution in [0.1, 0.15) is 64.7 Å². The van der Waals surface area contributed by atoms with Gasteiger partial charge in [-0.1, -0.05) is 32.3 Å². The van der Waals surface area contributed by atoms with Crippen molar-refractivity contribution in [2.45, 2.75) is 70.8 Å². The zero-order valence-electron chi connectivity index (χ0n) is 20.8. The molecule has 37 heavy (non-hydrogen) atoms. The number of benzene rings is 2. The van der Waals surface area contributed by atoms with Crippen LogP contribution in [0.4, 0.5) is 26.3 Å². The fourth-order valence-corrected chi connectivity index (χ4v) is 5.90. The van der Waals surface area contributed by atoms with E-state index in [4.69, 9.17) is 4.74 Å². The summed E-state index contributed by atoms with van der Waals surface area (Å²) in [5.41, 5.74) is 0.0447. The largest absolute Gasteiger partial charge is 0.456 e. The molecule has 0 N–H and O–H groups in total. The molecule has 2 aliphatic carbocycles. The maximum atomic E-state index is 15.0. The van der Waals surface area contributed by atoms with Gasteiger partial charge in [0, 0.05) is 11.6 Å². The molecule has 0 atom stereocenters. The zero-order chi connectivity index (χ0) is 26.6. The molecule has 2 aromatic rings. The lowest BCUT2D eigenvalue weighted by Gasteiger charge is -2.39. The van der Waals surface area contributed by atoms with Gasteiger partial charge < -0.3 is 9.47 Å². The second-order valence-corrected chi connectivity index (χ2v) is 10.3. The van der Waals surface area contributed by atoms with E-state index in [9.17, 15) is 26.3 Å². The summed E-state index contributed by atoms with van der Waals surface area (Å²) in [6, 6.07) is 6.57. The first-order valence-corrected chi connectivity index (χ1v) is 13.0. The van der Waals surface area contributed by atoms with E-state index in [1.54, 1.807) is 0 Å². The third-order valence-corrected chi connectivity index (χ3v) is 8.09. The summed E-state index contributed by atoms with van der Waals surface area (Å²) in [5.74, 6) is -1.62. The highest BCUT2D eigenvalue weighted by molar-refractivity contribution is 5.66. The molecule has 0 unspecified atom stereocenters. The number of rotatable bonds is 8. The summed E-state index contributed by atoms with van der Waals surface area (Å²) < 4.78 is 92.6. The Hall–Kier alpha value is -2.64. The van der Waals surface area contributed by atoms with Crippen molar-refractivity contribution < 1.29 is 35.8 Å². The van der Waals surface area contributed by atoms with Crippen LogP contribution in [0.5, 0.6) is 11.5 Å². The van der Waals surface area contributed by atoms with Crippen molar-refractivity contribution in [1.29, 1.82) is 0 Å². The number of ether oxygens (including phenoxy) is 2. The molecule has 4 rings (SSSR count). The molecule has 0 aromatic heterocycles. The van der Waals surface area contributed by atoms with Gasteiger partial charge in [0.05, 0.1) is 5.92 Å². The van der Waals surface area contributed by atoms with Crippen molar-refractivity contribution >= 4 is 0 Å². The average molecular weight is 527 g/mol. The van der Waals surface area contributed by atoms with Gasteiger partial charge in [-0.25, -0.2) is 8.78 Å². The lowest BCUT2D eigenvalue weighted by Crippen LogP contribution is -2.38. The summed E-state index contributed by atoms with van der Waals surface area (Å²) in [7, 11) is 0. The molecule has 0 heterocycles. The fraction of sp³-hybridized carbons (Fsp3) is 0.517. The zero-order valence-corrected chi connectivity index (χ0v) is 20.8. The van der Waals surface area contributed by atoms with E-state index in [1.165, 1.54) is 50.3 Å². The summed E-state index contributed by atoms with van der Waals surface area (Å²) >= 11 is 0. The molecule has 0 saturated heterocycles. The highest BCUT2D eigenvalue weighted by Crippen LogP contribution is 2.46. The predicted octanol–water partition coefficient (Wildman–Crippen LogP) is 9.74. The third kappa shape index (κ3) is 6.82. The Morgan fingerprint density at radius 2 is 1.51 bits per heavy atom. The van der Waals surface area contributed by atoms with Gasteiger partial charge in [0.2, 0.25) is 0 Å². The lowest BCUT2D eigenvalue weighted by molar-refractivity contribution is -0.224. The molecular formula is C29H32F6O2. The molecule has 0 spiro atoms. The second kappa shape index (κ2) is 11.8. The van der Waals surface area contributed by atoms with E-state index >= 15 is 0 Å². The van der Waals surface area contributed by atoms with Crippen molar-refractivity contribution in [2.24, 2.45) is 23.7 Å². The monoisotopic (exact) mass is 526 g/mol. The number of hydrogen-bond acceptors (Lipinski definition) is 2. The normalized spacial score (nSPS) is 24.4. The number of alkyl halides is 2. The molecule has 2 nitrogen and oxygen atoms in total. The van der Waals surface area contributed by atoms with Crippen molar-refractivity contribution in [3.8, 4) is 22.6 Å². The van der Waals surface area contributed by atoms with Crippen LogP contribution >= 0.6 is 0 Å². The number of hydrogen-bond donors (Lipinski definition) is 0. The molecule has 0 aliphatic heterocycles. The maximum Gasteiger partial charge on any atom is 0.400 e. The Bertz CT molecular complexity index is 1080. The second-order valence-electron chi connectivity index (χ2n) is 10.3. The molecule has 0 amide bonds. The van der Waals surface area contributed by atoms with Crippen molar-refractivity contribution in [2.75, 3.05) is 0 Å². The minimum absolute atomic E-state index is 0.0494. The van der Waals surface area contributed by atoms with Crippen LogP contribution in [0.15, 0.2) is 48.7 Å². The van der Waals surface area contributed by atoms with Gasteiger partial charge in [0.25, 0.3) is 0 Å². The third-order valence-electron chi connectivity index (χ3n) is 8.09. The fourth-order valence-electron chi connectivity index (χ4n) is 5.90. The Morgan fingerprint density at radius 1 is 0.865 bits per heavy atom. The van der Waals surface area contributed by atoms with Crippen LogP contribution in [-0.4, -0.2) is 6.11 Å². The standard InChI is InChI=1S/C29H32F6O2/c1-2-18-3-5-19(6-4-18)20-7-10-22(11-8-20)29(34,35)37-23-12-13-24(25(30)16-23)21-9-14-27(26(31)15-21)36-17-28(32)33/h9,12-20,22H,2-8,10-11H2,1H3. The van der Waals surface area contributed by atoms with Gasteiger partial charge in [-0.05, 0) is 86.1 Å². The van der Waals surface area contributed by atoms with Crippen molar-refractivity contribution in [3.05, 3.63) is 60.4 Å². The lowest BCUT2D eigenvalue weighted by atomic mass is 9.69. The topological polar surface area (TPSA) is 18.5 Å². The van der Waals surface area contributed by atoms with Crippen LogP contribution in [0.25, 0.3) is 11.1 Å². The van der Waals surface area contributed by atoms with E-state index in [2.05, 4.69) is 11.7 Å². The maximum absolute atomic E-state index is 15.0. The minimum Gasteiger partial charge on any atom is -0.456 e. The first-order chi connectivity index (χ1) is 17.7. The molecule has 0 radical (unpaired) electrons. The van der Waals surface area contributed by atoms with Gasteiger partial charge in [-0.3, -0.25) is 0 Å². The predicted molar refractivity (Wildman–Crippen MR) is 129 cm³/mol. The first-order valence-electron chi connectivity index (χ1n) is 13.0. The quantitative estimate of drug-likeness (QED) is 0.252. The molecule has 2 fully saturated rings. The average Bonchev–Trinajstić information content (AvgIpc) is 2.88.